The Morgan fingerprint density at radius 2 is 2.20 bits per heavy atom. The van der Waals surface area contributed by atoms with Crippen LogP contribution in [0.25, 0.3) is 0 Å². The van der Waals surface area contributed by atoms with E-state index in [2.05, 4.69) is 5.32 Å². The summed E-state index contributed by atoms with van der Waals surface area (Å²) in [6, 6.07) is 6.74. The van der Waals surface area contributed by atoms with Gasteiger partial charge < -0.3 is 5.32 Å². The quantitative estimate of drug-likeness (QED) is 0.672. The van der Waals surface area contributed by atoms with E-state index >= 15 is 0 Å². The number of aryl methyl sites for hydroxylation is 1. The van der Waals surface area contributed by atoms with Crippen LogP contribution < -0.4 is 5.32 Å². The number of rotatable bonds is 3. The predicted octanol–water partition coefficient (Wildman–Crippen LogP) is 3.00. The van der Waals surface area contributed by atoms with Crippen LogP contribution in [0.2, 0.25) is 0 Å². The molecule has 0 unspecified atom stereocenters. The summed E-state index contributed by atoms with van der Waals surface area (Å²) in [7, 11) is 0. The van der Waals surface area contributed by atoms with Gasteiger partial charge in [-0.1, -0.05) is 34.7 Å². The number of carbonyl (C=O) groups is 1. The van der Waals surface area contributed by atoms with Crippen LogP contribution in [0.4, 0.5) is 14.5 Å². The lowest BCUT2D eigenvalue weighted by molar-refractivity contribution is -0.136. The van der Waals surface area contributed by atoms with Gasteiger partial charge in [-0.25, -0.2) is 0 Å². The Kier molecular flexibility index (Phi) is 4.01. The molecular formula is C10H10F2INO. The van der Waals surface area contributed by atoms with Gasteiger partial charge >= 0.3 is 5.92 Å². The standard InChI is InChI=1S/C10H10F2INO/c1-7-3-2-4-8(5-7)14-9(15)10(11,12)6-13/h2-5H,6H2,1H3,(H,14,15). The number of halogens is 3. The van der Waals surface area contributed by atoms with Crippen LogP contribution in [0.1, 0.15) is 5.56 Å². The summed E-state index contributed by atoms with van der Waals surface area (Å²) in [6.07, 6.45) is 0. The third kappa shape index (κ3) is 3.40. The highest BCUT2D eigenvalue weighted by atomic mass is 127. The molecule has 0 aromatic heterocycles. The summed E-state index contributed by atoms with van der Waals surface area (Å²) in [5.41, 5.74) is 1.30. The maximum Gasteiger partial charge on any atom is 0.333 e. The Labute approximate surface area is 100 Å². The summed E-state index contributed by atoms with van der Waals surface area (Å²) >= 11 is 1.48. The van der Waals surface area contributed by atoms with E-state index in [0.29, 0.717) is 5.69 Å². The predicted molar refractivity (Wildman–Crippen MR) is 63.6 cm³/mol. The van der Waals surface area contributed by atoms with E-state index in [1.54, 1.807) is 18.2 Å². The third-order valence-electron chi connectivity index (χ3n) is 1.78. The second-order valence-electron chi connectivity index (χ2n) is 3.16. The van der Waals surface area contributed by atoms with Gasteiger partial charge in [-0.15, -0.1) is 0 Å². The van der Waals surface area contributed by atoms with E-state index < -0.39 is 16.3 Å². The first kappa shape index (κ1) is 12.4. The number of anilines is 1. The minimum atomic E-state index is -3.32. The van der Waals surface area contributed by atoms with Crippen molar-refractivity contribution in [3.05, 3.63) is 29.8 Å². The van der Waals surface area contributed by atoms with Crippen LogP contribution in [0.5, 0.6) is 0 Å². The number of amides is 1. The minimum Gasteiger partial charge on any atom is -0.321 e. The number of hydrogen-bond donors (Lipinski definition) is 1. The Morgan fingerprint density at radius 3 is 2.73 bits per heavy atom. The Morgan fingerprint density at radius 1 is 1.53 bits per heavy atom. The maximum absolute atomic E-state index is 12.9. The van der Waals surface area contributed by atoms with E-state index in [1.165, 1.54) is 22.6 Å². The van der Waals surface area contributed by atoms with E-state index in [0.717, 1.165) is 5.56 Å². The summed E-state index contributed by atoms with van der Waals surface area (Å²) in [5.74, 6) is -4.58. The molecule has 0 bridgehead atoms. The zero-order chi connectivity index (χ0) is 11.5. The first-order chi connectivity index (χ1) is 6.95. The number of benzene rings is 1. The molecule has 0 aliphatic carbocycles. The molecule has 0 saturated heterocycles. The topological polar surface area (TPSA) is 29.1 Å². The molecule has 0 aliphatic rings. The highest BCUT2D eigenvalue weighted by Gasteiger charge is 2.37. The van der Waals surface area contributed by atoms with Gasteiger partial charge in [0.1, 0.15) is 0 Å². The van der Waals surface area contributed by atoms with Crippen LogP contribution in [-0.2, 0) is 4.79 Å². The molecule has 0 saturated carbocycles. The lowest BCUT2D eigenvalue weighted by Crippen LogP contribution is -2.35. The molecule has 0 spiro atoms. The normalized spacial score (nSPS) is 11.2. The SMILES string of the molecule is Cc1cccc(NC(=O)C(F)(F)CI)c1. The largest absolute Gasteiger partial charge is 0.333 e. The lowest BCUT2D eigenvalue weighted by atomic mass is 10.2. The van der Waals surface area contributed by atoms with E-state index in [-0.39, 0.29) is 0 Å². The van der Waals surface area contributed by atoms with Crippen molar-refractivity contribution in [3.8, 4) is 0 Å². The monoisotopic (exact) mass is 325 g/mol. The van der Waals surface area contributed by atoms with Crippen molar-refractivity contribution in [1.82, 2.24) is 0 Å². The van der Waals surface area contributed by atoms with Crippen LogP contribution in [0.3, 0.4) is 0 Å². The summed E-state index contributed by atoms with van der Waals surface area (Å²) < 4.78 is 25.3. The van der Waals surface area contributed by atoms with Crippen molar-refractivity contribution in [2.45, 2.75) is 12.8 Å². The molecular weight excluding hydrogens is 315 g/mol. The molecule has 1 aromatic rings. The molecule has 0 radical (unpaired) electrons. The Bertz CT molecular complexity index is 368. The molecule has 82 valence electrons. The van der Waals surface area contributed by atoms with Crippen molar-refractivity contribution in [1.29, 1.82) is 0 Å². The smallest absolute Gasteiger partial charge is 0.321 e. The molecule has 0 atom stereocenters. The second-order valence-corrected chi connectivity index (χ2v) is 3.92. The zero-order valence-electron chi connectivity index (χ0n) is 8.06. The first-order valence-corrected chi connectivity index (χ1v) is 5.80. The van der Waals surface area contributed by atoms with Crippen molar-refractivity contribution in [2.75, 3.05) is 9.74 Å². The first-order valence-electron chi connectivity index (χ1n) is 4.27. The van der Waals surface area contributed by atoms with Gasteiger partial charge in [0.2, 0.25) is 0 Å². The van der Waals surface area contributed by atoms with Crippen LogP contribution in [0, 0.1) is 6.92 Å². The van der Waals surface area contributed by atoms with Crippen LogP contribution in [0.15, 0.2) is 24.3 Å². The van der Waals surface area contributed by atoms with Gasteiger partial charge in [0.25, 0.3) is 5.91 Å². The number of carbonyl (C=O) groups excluding carboxylic acids is 1. The Balaban J connectivity index is 2.75. The number of nitrogens with one attached hydrogen (secondary N) is 1. The van der Waals surface area contributed by atoms with E-state index in [4.69, 9.17) is 0 Å². The van der Waals surface area contributed by atoms with Crippen molar-refractivity contribution in [3.63, 3.8) is 0 Å². The third-order valence-corrected chi connectivity index (χ3v) is 2.73. The Hall–Kier alpha value is -0.720. The van der Waals surface area contributed by atoms with Gasteiger partial charge in [0, 0.05) is 5.69 Å². The molecule has 2 nitrogen and oxygen atoms in total. The summed E-state index contributed by atoms with van der Waals surface area (Å²) in [5, 5.41) is 2.18. The average Bonchev–Trinajstić information content (AvgIpc) is 2.17. The number of alkyl halides is 3. The molecule has 15 heavy (non-hydrogen) atoms. The van der Waals surface area contributed by atoms with E-state index in [1.807, 2.05) is 13.0 Å². The van der Waals surface area contributed by atoms with Crippen molar-refractivity contribution < 1.29 is 13.6 Å². The summed E-state index contributed by atoms with van der Waals surface area (Å²) in [4.78, 5) is 11.1. The van der Waals surface area contributed by atoms with Crippen LogP contribution in [-0.4, -0.2) is 16.3 Å². The van der Waals surface area contributed by atoms with Crippen molar-refractivity contribution in [2.24, 2.45) is 0 Å². The lowest BCUT2D eigenvalue weighted by Gasteiger charge is -2.13. The summed E-state index contributed by atoms with van der Waals surface area (Å²) in [6.45, 7) is 1.83. The van der Waals surface area contributed by atoms with Gasteiger partial charge in [-0.3, -0.25) is 4.79 Å². The minimum absolute atomic E-state index is 0.393. The van der Waals surface area contributed by atoms with Crippen LogP contribution >= 0.6 is 22.6 Å². The van der Waals surface area contributed by atoms with Gasteiger partial charge in [-0.2, -0.15) is 8.78 Å². The molecule has 0 aliphatic heterocycles. The highest BCUT2D eigenvalue weighted by molar-refractivity contribution is 14.1. The van der Waals surface area contributed by atoms with Gasteiger partial charge in [-0.05, 0) is 24.6 Å². The van der Waals surface area contributed by atoms with Crippen molar-refractivity contribution >= 4 is 34.2 Å². The van der Waals surface area contributed by atoms with Gasteiger partial charge in [0.05, 0.1) is 4.43 Å². The maximum atomic E-state index is 12.9. The second kappa shape index (κ2) is 4.87. The van der Waals surface area contributed by atoms with Gasteiger partial charge in [0.15, 0.2) is 0 Å². The molecule has 0 heterocycles. The fourth-order valence-electron chi connectivity index (χ4n) is 1.01. The molecule has 1 amide bonds. The molecule has 1 N–H and O–H groups in total. The van der Waals surface area contributed by atoms with E-state index in [9.17, 15) is 13.6 Å². The molecule has 0 fully saturated rings. The molecule has 1 aromatic carbocycles. The average molecular weight is 325 g/mol. The molecule has 5 heteroatoms. The number of hydrogen-bond acceptors (Lipinski definition) is 1. The fraction of sp³-hybridized carbons (Fsp3) is 0.300. The fourth-order valence-corrected chi connectivity index (χ4v) is 1.35. The molecule has 1 rings (SSSR count). The highest BCUT2D eigenvalue weighted by Crippen LogP contribution is 2.20. The zero-order valence-corrected chi connectivity index (χ0v) is 10.2.